The summed E-state index contributed by atoms with van der Waals surface area (Å²) in [5, 5.41) is 2.82. The number of carbonyl (C=O) groups excluding carboxylic acids is 2. The maximum atomic E-state index is 12.1. The van der Waals surface area contributed by atoms with Crippen molar-refractivity contribution in [1.29, 1.82) is 0 Å². The van der Waals surface area contributed by atoms with E-state index in [1.807, 2.05) is 0 Å². The average molecular weight is 275 g/mol. The van der Waals surface area contributed by atoms with Gasteiger partial charge in [0.15, 0.2) is 5.78 Å². The van der Waals surface area contributed by atoms with Gasteiger partial charge in [-0.05, 0) is 38.4 Å². The predicted octanol–water partition coefficient (Wildman–Crippen LogP) is 1.25. The Hall–Kier alpha value is -1.72. The number of carbonyl (C=O) groups is 2. The molecule has 20 heavy (non-hydrogen) atoms. The average Bonchev–Trinajstić information content (AvgIpc) is 2.86. The van der Waals surface area contributed by atoms with Crippen molar-refractivity contribution >= 4 is 17.4 Å². The van der Waals surface area contributed by atoms with E-state index < -0.39 is 0 Å². The summed E-state index contributed by atoms with van der Waals surface area (Å²) in [5.41, 5.74) is 6.82. The molecule has 0 bridgehead atoms. The zero-order chi connectivity index (χ0) is 14.5. The van der Waals surface area contributed by atoms with Crippen LogP contribution in [0.2, 0.25) is 0 Å². The van der Waals surface area contributed by atoms with Crippen molar-refractivity contribution in [3.8, 4) is 0 Å². The Labute approximate surface area is 119 Å². The smallest absolute Gasteiger partial charge is 0.238 e. The molecule has 0 spiro atoms. The number of likely N-dealkylation sites (tertiary alicyclic amines) is 1. The molecule has 1 amide bonds. The van der Waals surface area contributed by atoms with Crippen LogP contribution in [-0.4, -0.2) is 42.3 Å². The molecule has 108 valence electrons. The molecule has 3 N–H and O–H groups in total. The van der Waals surface area contributed by atoms with Crippen LogP contribution in [0.3, 0.4) is 0 Å². The van der Waals surface area contributed by atoms with E-state index in [9.17, 15) is 9.59 Å². The maximum absolute atomic E-state index is 12.1. The van der Waals surface area contributed by atoms with Crippen molar-refractivity contribution in [2.24, 2.45) is 5.73 Å². The summed E-state index contributed by atoms with van der Waals surface area (Å²) in [5.74, 6) is -0.152. The van der Waals surface area contributed by atoms with Gasteiger partial charge in [0.2, 0.25) is 5.91 Å². The van der Waals surface area contributed by atoms with Crippen LogP contribution in [-0.2, 0) is 4.79 Å². The second-order valence-electron chi connectivity index (χ2n) is 5.15. The molecule has 0 aliphatic carbocycles. The highest BCUT2D eigenvalue weighted by Crippen LogP contribution is 2.18. The van der Waals surface area contributed by atoms with Gasteiger partial charge < -0.3 is 11.1 Å². The van der Waals surface area contributed by atoms with Gasteiger partial charge in [0.25, 0.3) is 0 Å². The number of benzene rings is 1. The number of ketones is 1. The minimum Gasteiger partial charge on any atom is -0.329 e. The standard InChI is InChI=1S/C15H21N3O2/c1-11(19)13-6-2-3-7-14(13)17-15(20)10-18-8-4-5-12(18)9-16/h2-3,6-7,12H,4-5,8-10,16H2,1H3,(H,17,20). The zero-order valence-corrected chi connectivity index (χ0v) is 11.8. The molecule has 1 heterocycles. The van der Waals surface area contributed by atoms with Gasteiger partial charge in [-0.2, -0.15) is 0 Å². The summed E-state index contributed by atoms with van der Waals surface area (Å²) in [6.45, 7) is 3.31. The van der Waals surface area contributed by atoms with Crippen LogP contribution in [0, 0.1) is 0 Å². The Kier molecular flexibility index (Phi) is 4.87. The van der Waals surface area contributed by atoms with Crippen molar-refractivity contribution in [2.45, 2.75) is 25.8 Å². The lowest BCUT2D eigenvalue weighted by atomic mass is 10.1. The van der Waals surface area contributed by atoms with E-state index in [0.29, 0.717) is 30.4 Å². The van der Waals surface area contributed by atoms with Crippen molar-refractivity contribution in [3.05, 3.63) is 29.8 Å². The second-order valence-corrected chi connectivity index (χ2v) is 5.15. The van der Waals surface area contributed by atoms with E-state index in [-0.39, 0.29) is 11.7 Å². The largest absolute Gasteiger partial charge is 0.329 e. The molecule has 1 aromatic carbocycles. The number of Topliss-reactive ketones (excluding diaryl/α,β-unsaturated/α-hetero) is 1. The normalized spacial score (nSPS) is 19.0. The van der Waals surface area contributed by atoms with E-state index in [1.165, 1.54) is 6.92 Å². The van der Waals surface area contributed by atoms with E-state index in [2.05, 4.69) is 10.2 Å². The number of para-hydroxylation sites is 1. The fraction of sp³-hybridized carbons (Fsp3) is 0.467. The first-order valence-corrected chi connectivity index (χ1v) is 6.95. The van der Waals surface area contributed by atoms with Gasteiger partial charge >= 0.3 is 0 Å². The number of nitrogens with one attached hydrogen (secondary N) is 1. The molecule has 1 aliphatic rings. The lowest BCUT2D eigenvalue weighted by molar-refractivity contribution is -0.117. The van der Waals surface area contributed by atoms with Gasteiger partial charge in [-0.3, -0.25) is 14.5 Å². The number of nitrogens with two attached hydrogens (primary N) is 1. The molecule has 0 saturated carbocycles. The minimum absolute atomic E-state index is 0.0538. The first-order valence-electron chi connectivity index (χ1n) is 6.95. The molecule has 0 radical (unpaired) electrons. The highest BCUT2D eigenvalue weighted by molar-refractivity contribution is 6.04. The molecule has 5 heteroatoms. The van der Waals surface area contributed by atoms with Crippen molar-refractivity contribution in [2.75, 3.05) is 25.0 Å². The topological polar surface area (TPSA) is 75.4 Å². The zero-order valence-electron chi connectivity index (χ0n) is 11.8. The maximum Gasteiger partial charge on any atom is 0.238 e. The Morgan fingerprint density at radius 1 is 1.40 bits per heavy atom. The van der Waals surface area contributed by atoms with Crippen LogP contribution in [0.1, 0.15) is 30.1 Å². The van der Waals surface area contributed by atoms with Gasteiger partial charge in [0.05, 0.1) is 12.2 Å². The van der Waals surface area contributed by atoms with Crippen LogP contribution in [0.5, 0.6) is 0 Å². The van der Waals surface area contributed by atoms with Crippen molar-refractivity contribution < 1.29 is 9.59 Å². The molecule has 1 unspecified atom stereocenters. The fourth-order valence-corrected chi connectivity index (χ4v) is 2.64. The Balaban J connectivity index is 2.00. The molecule has 1 fully saturated rings. The molecule has 1 atom stereocenters. The molecular weight excluding hydrogens is 254 g/mol. The molecule has 5 nitrogen and oxygen atoms in total. The van der Waals surface area contributed by atoms with Crippen LogP contribution < -0.4 is 11.1 Å². The summed E-state index contributed by atoms with van der Waals surface area (Å²) in [6, 6.07) is 7.36. The first-order chi connectivity index (χ1) is 9.61. The molecule has 1 aromatic rings. The first kappa shape index (κ1) is 14.7. The highest BCUT2D eigenvalue weighted by Gasteiger charge is 2.25. The van der Waals surface area contributed by atoms with Crippen LogP contribution in [0.25, 0.3) is 0 Å². The number of rotatable bonds is 5. The third-order valence-corrected chi connectivity index (χ3v) is 3.70. The number of nitrogens with zero attached hydrogens (tertiary/aromatic N) is 1. The highest BCUT2D eigenvalue weighted by atomic mass is 16.2. The van der Waals surface area contributed by atoms with Crippen LogP contribution in [0.4, 0.5) is 5.69 Å². The third kappa shape index (κ3) is 3.43. The third-order valence-electron chi connectivity index (χ3n) is 3.70. The van der Waals surface area contributed by atoms with Crippen molar-refractivity contribution in [1.82, 2.24) is 4.90 Å². The Bertz CT molecular complexity index is 502. The summed E-state index contributed by atoms with van der Waals surface area (Å²) >= 11 is 0. The number of hydrogen-bond acceptors (Lipinski definition) is 4. The van der Waals surface area contributed by atoms with E-state index in [4.69, 9.17) is 5.73 Å². The molecule has 1 saturated heterocycles. The Morgan fingerprint density at radius 2 is 2.15 bits per heavy atom. The van der Waals surface area contributed by atoms with Gasteiger partial charge in [-0.1, -0.05) is 12.1 Å². The van der Waals surface area contributed by atoms with E-state index in [0.717, 1.165) is 19.4 Å². The molecule has 2 rings (SSSR count). The summed E-state index contributed by atoms with van der Waals surface area (Å²) < 4.78 is 0. The lowest BCUT2D eigenvalue weighted by Gasteiger charge is -2.22. The molecule has 0 aromatic heterocycles. The SMILES string of the molecule is CC(=O)c1ccccc1NC(=O)CN1CCCC1CN. The quantitative estimate of drug-likeness (QED) is 0.793. The lowest BCUT2D eigenvalue weighted by Crippen LogP contribution is -2.40. The van der Waals surface area contributed by atoms with Crippen LogP contribution in [0.15, 0.2) is 24.3 Å². The monoisotopic (exact) mass is 275 g/mol. The van der Waals surface area contributed by atoms with Gasteiger partial charge in [0, 0.05) is 18.2 Å². The summed E-state index contributed by atoms with van der Waals surface area (Å²) in [7, 11) is 0. The van der Waals surface area contributed by atoms with E-state index in [1.54, 1.807) is 24.3 Å². The predicted molar refractivity (Wildman–Crippen MR) is 78.7 cm³/mol. The number of anilines is 1. The van der Waals surface area contributed by atoms with E-state index >= 15 is 0 Å². The number of hydrogen-bond donors (Lipinski definition) is 2. The van der Waals surface area contributed by atoms with Gasteiger partial charge in [-0.25, -0.2) is 0 Å². The molecule has 1 aliphatic heterocycles. The minimum atomic E-state index is -0.0981. The van der Waals surface area contributed by atoms with Gasteiger partial charge in [0.1, 0.15) is 0 Å². The molecular formula is C15H21N3O2. The number of amides is 1. The fourth-order valence-electron chi connectivity index (χ4n) is 2.64. The van der Waals surface area contributed by atoms with Crippen molar-refractivity contribution in [3.63, 3.8) is 0 Å². The summed E-state index contributed by atoms with van der Waals surface area (Å²) in [6.07, 6.45) is 2.13. The Morgan fingerprint density at radius 3 is 2.85 bits per heavy atom. The second kappa shape index (κ2) is 6.63. The van der Waals surface area contributed by atoms with Gasteiger partial charge in [-0.15, -0.1) is 0 Å². The summed E-state index contributed by atoms with van der Waals surface area (Å²) in [4.78, 5) is 25.7. The van der Waals surface area contributed by atoms with Crippen LogP contribution >= 0.6 is 0 Å².